The van der Waals surface area contributed by atoms with E-state index in [4.69, 9.17) is 10.8 Å². The van der Waals surface area contributed by atoms with E-state index in [2.05, 4.69) is 5.32 Å². The molecule has 1 aromatic rings. The lowest BCUT2D eigenvalue weighted by Crippen LogP contribution is -2.30. The van der Waals surface area contributed by atoms with Crippen molar-refractivity contribution < 1.29 is 9.90 Å². The van der Waals surface area contributed by atoms with Crippen LogP contribution in [0.15, 0.2) is 30.3 Å². The summed E-state index contributed by atoms with van der Waals surface area (Å²) in [4.78, 5) is 10.4. The summed E-state index contributed by atoms with van der Waals surface area (Å²) in [7, 11) is 0. The summed E-state index contributed by atoms with van der Waals surface area (Å²) >= 11 is 0. The number of aliphatic carboxylic acids is 1. The van der Waals surface area contributed by atoms with Gasteiger partial charge in [0.1, 0.15) is 6.04 Å². The van der Waals surface area contributed by atoms with Gasteiger partial charge in [0.15, 0.2) is 0 Å². The average Bonchev–Trinajstić information content (AvgIpc) is 2.25. The minimum Gasteiger partial charge on any atom is -0.480 e. The molecule has 4 nitrogen and oxygen atoms in total. The summed E-state index contributed by atoms with van der Waals surface area (Å²) in [5.41, 5.74) is 6.41. The van der Waals surface area contributed by atoms with Crippen LogP contribution in [0.2, 0.25) is 0 Å². The average molecular weight is 208 g/mol. The zero-order chi connectivity index (χ0) is 11.1. The van der Waals surface area contributed by atoms with Gasteiger partial charge in [-0.25, -0.2) is 0 Å². The molecular formula is C11H16N2O2. The SMILES string of the molecule is NC(CCCNc1ccccc1)C(=O)O. The van der Waals surface area contributed by atoms with Gasteiger partial charge in [-0.05, 0) is 25.0 Å². The van der Waals surface area contributed by atoms with Gasteiger partial charge in [0.25, 0.3) is 0 Å². The number of nitrogens with one attached hydrogen (secondary N) is 1. The molecule has 1 rings (SSSR count). The van der Waals surface area contributed by atoms with Gasteiger partial charge < -0.3 is 16.2 Å². The molecule has 4 N–H and O–H groups in total. The number of rotatable bonds is 6. The normalized spacial score (nSPS) is 12.1. The third-order valence-electron chi connectivity index (χ3n) is 2.11. The van der Waals surface area contributed by atoms with Gasteiger partial charge in [0.05, 0.1) is 0 Å². The number of carboxylic acid groups (broad SMARTS) is 1. The number of nitrogens with two attached hydrogens (primary N) is 1. The Morgan fingerprint density at radius 2 is 2.07 bits per heavy atom. The molecule has 0 spiro atoms. The molecule has 0 saturated heterocycles. The zero-order valence-electron chi connectivity index (χ0n) is 8.52. The van der Waals surface area contributed by atoms with E-state index in [0.717, 1.165) is 18.7 Å². The summed E-state index contributed by atoms with van der Waals surface area (Å²) < 4.78 is 0. The summed E-state index contributed by atoms with van der Waals surface area (Å²) in [6, 6.07) is 9.04. The second-order valence-electron chi connectivity index (χ2n) is 3.38. The van der Waals surface area contributed by atoms with E-state index < -0.39 is 12.0 Å². The second kappa shape index (κ2) is 6.03. The Hall–Kier alpha value is -1.55. The molecule has 0 fully saturated rings. The molecule has 82 valence electrons. The molecule has 0 aliphatic heterocycles. The van der Waals surface area contributed by atoms with Gasteiger partial charge in [-0.15, -0.1) is 0 Å². The van der Waals surface area contributed by atoms with E-state index in [0.29, 0.717) is 6.42 Å². The molecule has 15 heavy (non-hydrogen) atoms. The van der Waals surface area contributed by atoms with Crippen molar-refractivity contribution in [2.24, 2.45) is 5.73 Å². The third-order valence-corrected chi connectivity index (χ3v) is 2.11. The Morgan fingerprint density at radius 1 is 1.40 bits per heavy atom. The molecular weight excluding hydrogens is 192 g/mol. The quantitative estimate of drug-likeness (QED) is 0.616. The summed E-state index contributed by atoms with van der Waals surface area (Å²) in [6.45, 7) is 0.741. The van der Waals surface area contributed by atoms with Crippen molar-refractivity contribution in [3.8, 4) is 0 Å². The second-order valence-corrected chi connectivity index (χ2v) is 3.38. The van der Waals surface area contributed by atoms with E-state index in [1.165, 1.54) is 0 Å². The molecule has 0 bridgehead atoms. The van der Waals surface area contributed by atoms with Crippen LogP contribution >= 0.6 is 0 Å². The standard InChI is InChI=1S/C11H16N2O2/c12-10(11(14)15)7-4-8-13-9-5-2-1-3-6-9/h1-3,5-6,10,13H,4,7-8,12H2,(H,14,15). The van der Waals surface area contributed by atoms with Crippen LogP contribution < -0.4 is 11.1 Å². The van der Waals surface area contributed by atoms with Gasteiger partial charge in [-0.2, -0.15) is 0 Å². The van der Waals surface area contributed by atoms with E-state index in [-0.39, 0.29) is 0 Å². The minimum atomic E-state index is -0.935. The number of benzene rings is 1. The highest BCUT2D eigenvalue weighted by atomic mass is 16.4. The fraction of sp³-hybridized carbons (Fsp3) is 0.364. The Kier molecular flexibility index (Phi) is 4.63. The summed E-state index contributed by atoms with van der Waals surface area (Å²) in [5.74, 6) is -0.935. The van der Waals surface area contributed by atoms with Crippen molar-refractivity contribution >= 4 is 11.7 Å². The van der Waals surface area contributed by atoms with Gasteiger partial charge in [0.2, 0.25) is 0 Å². The first kappa shape index (κ1) is 11.5. The van der Waals surface area contributed by atoms with Crippen LogP contribution in [0.4, 0.5) is 5.69 Å². The number of hydrogen-bond acceptors (Lipinski definition) is 3. The first-order chi connectivity index (χ1) is 7.20. The molecule has 4 heteroatoms. The Balaban J connectivity index is 2.15. The molecule has 0 aliphatic rings. The Bertz CT molecular complexity index is 301. The van der Waals surface area contributed by atoms with E-state index >= 15 is 0 Å². The van der Waals surface area contributed by atoms with Gasteiger partial charge >= 0.3 is 5.97 Å². The molecule has 0 amide bonds. The maximum Gasteiger partial charge on any atom is 0.320 e. The van der Waals surface area contributed by atoms with Gasteiger partial charge in [-0.3, -0.25) is 4.79 Å². The molecule has 0 aliphatic carbocycles. The highest BCUT2D eigenvalue weighted by Gasteiger charge is 2.09. The lowest BCUT2D eigenvalue weighted by atomic mass is 10.1. The molecule has 0 aromatic heterocycles. The highest BCUT2D eigenvalue weighted by Crippen LogP contribution is 2.05. The van der Waals surface area contributed by atoms with Crippen molar-refractivity contribution in [1.29, 1.82) is 0 Å². The first-order valence-electron chi connectivity index (χ1n) is 4.97. The Labute approximate surface area is 89.1 Å². The van der Waals surface area contributed by atoms with Crippen LogP contribution in [-0.4, -0.2) is 23.7 Å². The molecule has 1 unspecified atom stereocenters. The summed E-state index contributed by atoms with van der Waals surface area (Å²) in [5, 5.41) is 11.7. The number of hydrogen-bond donors (Lipinski definition) is 3. The fourth-order valence-corrected chi connectivity index (χ4v) is 1.23. The topological polar surface area (TPSA) is 75.3 Å². The highest BCUT2D eigenvalue weighted by molar-refractivity contribution is 5.72. The molecule has 1 aromatic carbocycles. The molecule has 0 saturated carbocycles. The fourth-order valence-electron chi connectivity index (χ4n) is 1.23. The predicted octanol–water partition coefficient (Wildman–Crippen LogP) is 1.29. The van der Waals surface area contributed by atoms with Crippen LogP contribution in [0.5, 0.6) is 0 Å². The minimum absolute atomic E-state index is 0.495. The maximum atomic E-state index is 10.4. The van der Waals surface area contributed by atoms with Crippen LogP contribution in [0.25, 0.3) is 0 Å². The van der Waals surface area contributed by atoms with E-state index in [9.17, 15) is 4.79 Å². The number of para-hydroxylation sites is 1. The molecule has 0 radical (unpaired) electrons. The van der Waals surface area contributed by atoms with Crippen molar-refractivity contribution in [2.75, 3.05) is 11.9 Å². The number of carbonyl (C=O) groups is 1. The predicted molar refractivity (Wildman–Crippen MR) is 59.8 cm³/mol. The number of anilines is 1. The van der Waals surface area contributed by atoms with Crippen molar-refractivity contribution in [3.63, 3.8) is 0 Å². The van der Waals surface area contributed by atoms with Crippen LogP contribution in [0, 0.1) is 0 Å². The number of carboxylic acids is 1. The lowest BCUT2D eigenvalue weighted by Gasteiger charge is -2.08. The van der Waals surface area contributed by atoms with E-state index in [1.54, 1.807) is 0 Å². The first-order valence-corrected chi connectivity index (χ1v) is 4.97. The van der Waals surface area contributed by atoms with Gasteiger partial charge in [0, 0.05) is 12.2 Å². The van der Waals surface area contributed by atoms with E-state index in [1.807, 2.05) is 30.3 Å². The lowest BCUT2D eigenvalue weighted by molar-refractivity contribution is -0.138. The molecule has 1 atom stereocenters. The molecule has 0 heterocycles. The Morgan fingerprint density at radius 3 is 2.67 bits per heavy atom. The largest absolute Gasteiger partial charge is 0.480 e. The third kappa shape index (κ3) is 4.46. The zero-order valence-corrected chi connectivity index (χ0v) is 8.52. The smallest absolute Gasteiger partial charge is 0.320 e. The van der Waals surface area contributed by atoms with Crippen LogP contribution in [0.3, 0.4) is 0 Å². The van der Waals surface area contributed by atoms with Crippen molar-refractivity contribution in [2.45, 2.75) is 18.9 Å². The van der Waals surface area contributed by atoms with Crippen LogP contribution in [-0.2, 0) is 4.79 Å². The van der Waals surface area contributed by atoms with Gasteiger partial charge in [-0.1, -0.05) is 18.2 Å². The summed E-state index contributed by atoms with van der Waals surface area (Å²) in [6.07, 6.45) is 1.25. The van der Waals surface area contributed by atoms with Crippen LogP contribution in [0.1, 0.15) is 12.8 Å². The maximum absolute atomic E-state index is 10.4. The van der Waals surface area contributed by atoms with Crippen molar-refractivity contribution in [3.05, 3.63) is 30.3 Å². The van der Waals surface area contributed by atoms with Crippen molar-refractivity contribution in [1.82, 2.24) is 0 Å². The monoisotopic (exact) mass is 208 g/mol.